The molecule has 0 saturated heterocycles. The predicted molar refractivity (Wildman–Crippen MR) is 77.8 cm³/mol. The normalized spacial score (nSPS) is 21.5. The fourth-order valence-electron chi connectivity index (χ4n) is 2.65. The van der Waals surface area contributed by atoms with Crippen molar-refractivity contribution in [3.8, 4) is 0 Å². The van der Waals surface area contributed by atoms with E-state index >= 15 is 0 Å². The van der Waals surface area contributed by atoms with Gasteiger partial charge in [-0.25, -0.2) is 4.98 Å². The lowest BCUT2D eigenvalue weighted by atomic mass is 9.96. The maximum atomic E-state index is 11.7. The van der Waals surface area contributed by atoms with Gasteiger partial charge in [-0.3, -0.25) is 14.8 Å². The van der Waals surface area contributed by atoms with Crippen molar-refractivity contribution >= 4 is 5.97 Å². The SMILES string of the molecule is CCC(C)(C(=O)O)N(Cc1nc(C2CC2)n[nH]1)CC1CC1. The van der Waals surface area contributed by atoms with Crippen LogP contribution in [0.15, 0.2) is 0 Å². The van der Waals surface area contributed by atoms with Crippen molar-refractivity contribution in [2.75, 3.05) is 6.54 Å². The van der Waals surface area contributed by atoms with E-state index in [1.54, 1.807) is 0 Å². The van der Waals surface area contributed by atoms with E-state index in [0.717, 1.165) is 18.2 Å². The monoisotopic (exact) mass is 292 g/mol. The van der Waals surface area contributed by atoms with E-state index in [0.29, 0.717) is 24.8 Å². The van der Waals surface area contributed by atoms with E-state index in [1.807, 2.05) is 13.8 Å². The molecule has 1 aromatic rings. The van der Waals surface area contributed by atoms with Gasteiger partial charge in [0.1, 0.15) is 11.4 Å². The first-order valence-electron chi connectivity index (χ1n) is 7.92. The maximum Gasteiger partial charge on any atom is 0.323 e. The van der Waals surface area contributed by atoms with Gasteiger partial charge in [-0.2, -0.15) is 5.10 Å². The number of hydrogen-bond donors (Lipinski definition) is 2. The predicted octanol–water partition coefficient (Wildman–Crippen LogP) is 2.15. The van der Waals surface area contributed by atoms with Gasteiger partial charge in [0.15, 0.2) is 5.82 Å². The molecule has 2 aliphatic rings. The molecule has 0 amide bonds. The van der Waals surface area contributed by atoms with Crippen LogP contribution >= 0.6 is 0 Å². The Balaban J connectivity index is 1.75. The van der Waals surface area contributed by atoms with Crippen LogP contribution < -0.4 is 0 Å². The zero-order valence-corrected chi connectivity index (χ0v) is 12.8. The van der Waals surface area contributed by atoms with Crippen molar-refractivity contribution in [3.63, 3.8) is 0 Å². The first-order chi connectivity index (χ1) is 10.0. The van der Waals surface area contributed by atoms with Gasteiger partial charge < -0.3 is 5.11 Å². The second-order valence-electron chi connectivity index (χ2n) is 6.67. The summed E-state index contributed by atoms with van der Waals surface area (Å²) in [6.45, 7) is 5.11. The summed E-state index contributed by atoms with van der Waals surface area (Å²) in [5, 5.41) is 16.9. The minimum atomic E-state index is -0.838. The van der Waals surface area contributed by atoms with Crippen molar-refractivity contribution in [3.05, 3.63) is 11.6 Å². The maximum absolute atomic E-state index is 11.7. The molecule has 6 nitrogen and oxygen atoms in total. The molecule has 1 atom stereocenters. The average molecular weight is 292 g/mol. The minimum absolute atomic E-state index is 0.518. The van der Waals surface area contributed by atoms with Crippen molar-refractivity contribution in [1.82, 2.24) is 20.1 Å². The Bertz CT molecular complexity index is 521. The number of rotatable bonds is 8. The second kappa shape index (κ2) is 5.40. The van der Waals surface area contributed by atoms with Gasteiger partial charge >= 0.3 is 5.97 Å². The zero-order valence-electron chi connectivity index (χ0n) is 12.8. The standard InChI is InChI=1S/C15H24N4O2/c1-3-15(2,14(20)21)19(8-10-4-5-10)9-12-16-13(18-17-12)11-6-7-11/h10-11H,3-9H2,1-2H3,(H,20,21)(H,16,17,18). The van der Waals surface area contributed by atoms with Crippen LogP contribution in [0.3, 0.4) is 0 Å². The zero-order chi connectivity index (χ0) is 15.0. The summed E-state index contributed by atoms with van der Waals surface area (Å²) in [6.07, 6.45) is 5.34. The third-order valence-electron chi connectivity index (χ3n) is 4.85. The summed E-state index contributed by atoms with van der Waals surface area (Å²) in [4.78, 5) is 18.3. The van der Waals surface area contributed by atoms with Crippen LogP contribution in [0.5, 0.6) is 0 Å². The lowest BCUT2D eigenvalue weighted by molar-refractivity contribution is -0.151. The van der Waals surface area contributed by atoms with Crippen LogP contribution in [0.25, 0.3) is 0 Å². The third-order valence-corrected chi connectivity index (χ3v) is 4.85. The highest BCUT2D eigenvalue weighted by Gasteiger charge is 2.41. The number of H-pyrrole nitrogens is 1. The number of carboxylic acid groups (broad SMARTS) is 1. The molecular weight excluding hydrogens is 268 g/mol. The van der Waals surface area contributed by atoms with Gasteiger partial charge in [-0.1, -0.05) is 6.92 Å². The van der Waals surface area contributed by atoms with Crippen molar-refractivity contribution < 1.29 is 9.90 Å². The Morgan fingerprint density at radius 3 is 2.67 bits per heavy atom. The van der Waals surface area contributed by atoms with Crippen LogP contribution in [0.2, 0.25) is 0 Å². The van der Waals surface area contributed by atoms with E-state index < -0.39 is 11.5 Å². The number of aliphatic carboxylic acids is 1. The van der Waals surface area contributed by atoms with Gasteiger partial charge in [0.2, 0.25) is 0 Å². The molecule has 2 fully saturated rings. The van der Waals surface area contributed by atoms with Crippen LogP contribution in [0, 0.1) is 5.92 Å². The molecule has 2 aliphatic carbocycles. The molecule has 0 bridgehead atoms. The van der Waals surface area contributed by atoms with Crippen LogP contribution in [-0.4, -0.2) is 43.2 Å². The number of carboxylic acids is 1. The molecule has 0 aliphatic heterocycles. The number of nitrogens with zero attached hydrogens (tertiary/aromatic N) is 3. The lowest BCUT2D eigenvalue weighted by Crippen LogP contribution is -2.52. The Morgan fingerprint density at radius 2 is 2.14 bits per heavy atom. The summed E-state index contributed by atoms with van der Waals surface area (Å²) in [6, 6.07) is 0. The van der Waals surface area contributed by atoms with E-state index in [4.69, 9.17) is 0 Å². The molecule has 2 N–H and O–H groups in total. The highest BCUT2D eigenvalue weighted by Crippen LogP contribution is 2.38. The summed E-state index contributed by atoms with van der Waals surface area (Å²) in [5.74, 6) is 2.08. The highest BCUT2D eigenvalue weighted by atomic mass is 16.4. The molecule has 6 heteroatoms. The van der Waals surface area contributed by atoms with Crippen LogP contribution in [0.1, 0.15) is 63.5 Å². The second-order valence-corrected chi connectivity index (χ2v) is 6.67. The number of aromatic nitrogens is 3. The average Bonchev–Trinajstić information content (AvgIpc) is 3.38. The number of hydrogen-bond acceptors (Lipinski definition) is 4. The van der Waals surface area contributed by atoms with Crippen LogP contribution in [-0.2, 0) is 11.3 Å². The molecule has 116 valence electrons. The topological polar surface area (TPSA) is 82.1 Å². The van der Waals surface area contributed by atoms with Gasteiger partial charge in [-0.05, 0) is 44.9 Å². The molecular formula is C15H24N4O2. The van der Waals surface area contributed by atoms with Crippen LogP contribution in [0.4, 0.5) is 0 Å². The Hall–Kier alpha value is -1.43. The largest absolute Gasteiger partial charge is 0.480 e. The number of carbonyl (C=O) groups is 1. The van der Waals surface area contributed by atoms with Gasteiger partial charge in [0, 0.05) is 12.5 Å². The van der Waals surface area contributed by atoms with Crippen molar-refractivity contribution in [2.24, 2.45) is 5.92 Å². The van der Waals surface area contributed by atoms with Crippen molar-refractivity contribution in [2.45, 2.75) is 64.0 Å². The van der Waals surface area contributed by atoms with Gasteiger partial charge in [0.25, 0.3) is 0 Å². The lowest BCUT2D eigenvalue weighted by Gasteiger charge is -2.36. The number of nitrogens with one attached hydrogen (secondary N) is 1. The van der Waals surface area contributed by atoms with Crippen molar-refractivity contribution in [1.29, 1.82) is 0 Å². The van der Waals surface area contributed by atoms with E-state index in [9.17, 15) is 9.90 Å². The third kappa shape index (κ3) is 3.10. The molecule has 1 unspecified atom stereocenters. The summed E-state index contributed by atoms with van der Waals surface area (Å²) in [7, 11) is 0. The van der Waals surface area contributed by atoms with E-state index in [2.05, 4.69) is 20.1 Å². The molecule has 1 aromatic heterocycles. The fourth-order valence-corrected chi connectivity index (χ4v) is 2.65. The first kappa shape index (κ1) is 14.5. The highest BCUT2D eigenvalue weighted by molar-refractivity contribution is 5.78. The van der Waals surface area contributed by atoms with Gasteiger partial charge in [-0.15, -0.1) is 0 Å². The smallest absolute Gasteiger partial charge is 0.323 e. The molecule has 21 heavy (non-hydrogen) atoms. The molecule has 1 heterocycles. The van der Waals surface area contributed by atoms with Gasteiger partial charge in [0.05, 0.1) is 6.54 Å². The minimum Gasteiger partial charge on any atom is -0.480 e. The Morgan fingerprint density at radius 1 is 1.43 bits per heavy atom. The molecule has 0 aromatic carbocycles. The quantitative estimate of drug-likeness (QED) is 0.767. The Kier molecular flexibility index (Phi) is 3.73. The first-order valence-corrected chi connectivity index (χ1v) is 7.92. The molecule has 0 spiro atoms. The number of aromatic amines is 1. The fraction of sp³-hybridized carbons (Fsp3) is 0.800. The van der Waals surface area contributed by atoms with E-state index in [1.165, 1.54) is 25.7 Å². The summed E-state index contributed by atoms with van der Waals surface area (Å²) in [5.41, 5.74) is -0.838. The summed E-state index contributed by atoms with van der Waals surface area (Å²) >= 11 is 0. The molecule has 2 saturated carbocycles. The summed E-state index contributed by atoms with van der Waals surface area (Å²) < 4.78 is 0. The molecule has 0 radical (unpaired) electrons. The Labute approximate surface area is 124 Å². The van der Waals surface area contributed by atoms with E-state index in [-0.39, 0.29) is 0 Å². The molecule has 3 rings (SSSR count).